The molecule has 1 aliphatic rings. The zero-order valence-electron chi connectivity index (χ0n) is 20.2. The van der Waals surface area contributed by atoms with Crippen molar-refractivity contribution in [3.05, 3.63) is 54.6 Å². The monoisotopic (exact) mass is 492 g/mol. The van der Waals surface area contributed by atoms with Gasteiger partial charge in [-0.3, -0.25) is 0 Å². The fraction of sp³-hybridized carbons (Fsp3) is 0.538. The summed E-state index contributed by atoms with van der Waals surface area (Å²) in [6.45, 7) is 7.36. The number of hydrogen-bond donors (Lipinski definition) is 0. The molecule has 2 aromatic rings. The predicted octanol–water partition coefficient (Wildman–Crippen LogP) is 3.99. The zero-order chi connectivity index (χ0) is 24.1. The molecular formula is C26H37O7P. The van der Waals surface area contributed by atoms with Gasteiger partial charge in [0.15, 0.2) is 11.5 Å². The van der Waals surface area contributed by atoms with Crippen LogP contribution >= 0.6 is 7.14 Å². The normalized spacial score (nSPS) is 23.9. The van der Waals surface area contributed by atoms with Gasteiger partial charge in [-0.25, -0.2) is 0 Å². The van der Waals surface area contributed by atoms with Crippen LogP contribution in [0.25, 0.3) is 0 Å². The topological polar surface area (TPSA) is 72.5 Å². The standard InChI is InChI=1S/C26H37O7P/c1-22-20-34(27,24-8-4-3-5-9-24)21-23(2)31-17-13-29-15-19-33-26-11-7-6-10-25(26)32-18-14-28-12-16-30-22/h3-11,22-23H,12-21H2,1-2H3/t22-,23-/m0/s1. The minimum Gasteiger partial charge on any atom is -0.487 e. The van der Waals surface area contributed by atoms with Crippen LogP contribution in [0.15, 0.2) is 54.6 Å². The van der Waals surface area contributed by atoms with Crippen LogP contribution in [0, 0.1) is 0 Å². The first-order valence-corrected chi connectivity index (χ1v) is 14.0. The second-order valence-corrected chi connectivity index (χ2v) is 11.3. The fourth-order valence-electron chi connectivity index (χ4n) is 3.85. The Bertz CT molecular complexity index is 827. The summed E-state index contributed by atoms with van der Waals surface area (Å²) in [5.74, 6) is 1.35. The van der Waals surface area contributed by atoms with Gasteiger partial charge in [-0.1, -0.05) is 42.5 Å². The van der Waals surface area contributed by atoms with Crippen molar-refractivity contribution in [2.24, 2.45) is 0 Å². The minimum atomic E-state index is -2.71. The van der Waals surface area contributed by atoms with Gasteiger partial charge in [0.2, 0.25) is 0 Å². The Labute approximate surface area is 203 Å². The molecule has 0 bridgehead atoms. The average Bonchev–Trinajstić information content (AvgIpc) is 2.83. The molecule has 0 spiro atoms. The molecule has 0 saturated carbocycles. The molecule has 3 rings (SSSR count). The highest BCUT2D eigenvalue weighted by Gasteiger charge is 2.30. The van der Waals surface area contributed by atoms with Gasteiger partial charge in [0.25, 0.3) is 0 Å². The van der Waals surface area contributed by atoms with Gasteiger partial charge in [0, 0.05) is 17.6 Å². The van der Waals surface area contributed by atoms with Crippen LogP contribution < -0.4 is 14.8 Å². The summed E-state index contributed by atoms with van der Waals surface area (Å²) in [7, 11) is -2.71. The number of fused-ring (bicyclic) bond motifs is 1. The van der Waals surface area contributed by atoms with Gasteiger partial charge in [-0.05, 0) is 26.0 Å². The van der Waals surface area contributed by atoms with Crippen molar-refractivity contribution in [1.29, 1.82) is 0 Å². The van der Waals surface area contributed by atoms with Crippen LogP contribution in [0.3, 0.4) is 0 Å². The minimum absolute atomic E-state index is 0.167. The highest BCUT2D eigenvalue weighted by Crippen LogP contribution is 2.46. The summed E-state index contributed by atoms with van der Waals surface area (Å²) >= 11 is 0. The van der Waals surface area contributed by atoms with E-state index in [1.165, 1.54) is 0 Å². The lowest BCUT2D eigenvalue weighted by molar-refractivity contribution is 0.0127. The van der Waals surface area contributed by atoms with E-state index in [4.69, 9.17) is 28.4 Å². The van der Waals surface area contributed by atoms with Gasteiger partial charge in [0.05, 0.1) is 51.8 Å². The molecule has 1 aliphatic heterocycles. The summed E-state index contributed by atoms with van der Waals surface area (Å²) < 4.78 is 48.8. The maximum atomic E-state index is 14.0. The Hall–Kier alpha value is -1.89. The molecule has 0 N–H and O–H groups in total. The Morgan fingerprint density at radius 2 is 1.06 bits per heavy atom. The van der Waals surface area contributed by atoms with E-state index in [9.17, 15) is 4.57 Å². The summed E-state index contributed by atoms with van der Waals surface area (Å²) in [6.07, 6.45) is 0.579. The molecule has 2 aromatic carbocycles. The SMILES string of the molecule is C[C@H]1CP(=O)(c2ccccc2)C[C@H](C)OCCOCCOc2ccccc2OCCOCCO1. The lowest BCUT2D eigenvalue weighted by Gasteiger charge is -2.25. The lowest BCUT2D eigenvalue weighted by atomic mass is 10.3. The lowest BCUT2D eigenvalue weighted by Crippen LogP contribution is -2.26. The molecule has 0 aliphatic carbocycles. The molecule has 0 amide bonds. The molecule has 0 saturated heterocycles. The second kappa shape index (κ2) is 14.5. The van der Waals surface area contributed by atoms with Gasteiger partial charge in [0.1, 0.15) is 20.4 Å². The Morgan fingerprint density at radius 1 is 0.618 bits per heavy atom. The third-order valence-electron chi connectivity index (χ3n) is 5.41. The first-order chi connectivity index (χ1) is 16.6. The molecule has 34 heavy (non-hydrogen) atoms. The van der Waals surface area contributed by atoms with Crippen molar-refractivity contribution in [2.45, 2.75) is 26.1 Å². The smallest absolute Gasteiger partial charge is 0.161 e. The van der Waals surface area contributed by atoms with E-state index in [1.807, 2.05) is 68.4 Å². The number of hydrogen-bond acceptors (Lipinski definition) is 7. The van der Waals surface area contributed by atoms with Crippen molar-refractivity contribution < 1.29 is 33.0 Å². The predicted molar refractivity (Wildman–Crippen MR) is 133 cm³/mol. The average molecular weight is 493 g/mol. The highest BCUT2D eigenvalue weighted by molar-refractivity contribution is 7.71. The Morgan fingerprint density at radius 3 is 1.56 bits per heavy atom. The van der Waals surface area contributed by atoms with Gasteiger partial charge in [-0.2, -0.15) is 0 Å². The van der Waals surface area contributed by atoms with Crippen LogP contribution in [0.1, 0.15) is 13.8 Å². The van der Waals surface area contributed by atoms with E-state index in [-0.39, 0.29) is 12.2 Å². The van der Waals surface area contributed by atoms with Crippen LogP contribution in [0.5, 0.6) is 11.5 Å². The van der Waals surface area contributed by atoms with E-state index in [0.717, 1.165) is 5.30 Å². The van der Waals surface area contributed by atoms with Crippen LogP contribution in [-0.2, 0) is 23.5 Å². The number of benzene rings is 2. The largest absolute Gasteiger partial charge is 0.487 e. The molecule has 0 aromatic heterocycles. The third kappa shape index (κ3) is 9.05. The van der Waals surface area contributed by atoms with E-state index in [1.54, 1.807) is 0 Å². The summed E-state index contributed by atoms with van der Waals surface area (Å²) in [5.41, 5.74) is 0. The third-order valence-corrected chi connectivity index (χ3v) is 8.86. The molecule has 1 heterocycles. The second-order valence-electron chi connectivity index (χ2n) is 8.32. The summed E-state index contributed by atoms with van der Waals surface area (Å²) in [5, 5.41) is 0.862. The van der Waals surface area contributed by atoms with Crippen molar-refractivity contribution in [3.8, 4) is 11.5 Å². The number of ether oxygens (including phenoxy) is 6. The first-order valence-electron chi connectivity index (χ1n) is 11.9. The molecule has 7 nitrogen and oxygen atoms in total. The van der Waals surface area contributed by atoms with Crippen molar-refractivity contribution in [1.82, 2.24) is 0 Å². The summed E-state index contributed by atoms with van der Waals surface area (Å²) in [4.78, 5) is 0. The highest BCUT2D eigenvalue weighted by atomic mass is 31.2. The van der Waals surface area contributed by atoms with E-state index in [2.05, 4.69) is 0 Å². The van der Waals surface area contributed by atoms with Gasteiger partial charge in [-0.15, -0.1) is 0 Å². The van der Waals surface area contributed by atoms with E-state index in [0.29, 0.717) is 76.7 Å². The molecule has 0 radical (unpaired) electrons. The number of rotatable bonds is 1. The van der Waals surface area contributed by atoms with Crippen molar-refractivity contribution in [3.63, 3.8) is 0 Å². The van der Waals surface area contributed by atoms with Crippen molar-refractivity contribution >= 4 is 12.4 Å². The van der Waals surface area contributed by atoms with Gasteiger partial charge >= 0.3 is 0 Å². The number of para-hydroxylation sites is 2. The quantitative estimate of drug-likeness (QED) is 0.558. The Balaban J connectivity index is 1.61. The van der Waals surface area contributed by atoms with Crippen LogP contribution in [-0.4, -0.2) is 77.4 Å². The summed E-state index contributed by atoms with van der Waals surface area (Å²) in [6, 6.07) is 17.2. The molecule has 0 fully saturated rings. The van der Waals surface area contributed by atoms with E-state index < -0.39 is 7.14 Å². The zero-order valence-corrected chi connectivity index (χ0v) is 21.1. The van der Waals surface area contributed by atoms with Crippen molar-refractivity contribution in [2.75, 3.05) is 65.2 Å². The fourth-order valence-corrected chi connectivity index (χ4v) is 7.01. The van der Waals surface area contributed by atoms with E-state index >= 15 is 0 Å². The maximum absolute atomic E-state index is 14.0. The molecule has 0 unspecified atom stereocenters. The molecular weight excluding hydrogens is 455 g/mol. The Kier molecular flexibility index (Phi) is 11.4. The van der Waals surface area contributed by atoms with Crippen LogP contribution in [0.4, 0.5) is 0 Å². The maximum Gasteiger partial charge on any atom is 0.161 e. The van der Waals surface area contributed by atoms with Gasteiger partial charge < -0.3 is 33.0 Å². The molecule has 188 valence electrons. The van der Waals surface area contributed by atoms with Crippen LogP contribution in [0.2, 0.25) is 0 Å². The molecule has 8 heteroatoms. The first kappa shape index (κ1) is 26.7. The molecule has 2 atom stereocenters.